The molecule has 1 fully saturated rings. The highest BCUT2D eigenvalue weighted by molar-refractivity contribution is 5.72. The van der Waals surface area contributed by atoms with Gasteiger partial charge < -0.3 is 9.84 Å². The molecule has 4 nitrogen and oxygen atoms in total. The van der Waals surface area contributed by atoms with Crippen LogP contribution < -0.4 is 0 Å². The summed E-state index contributed by atoms with van der Waals surface area (Å²) in [5, 5.41) is 9.98. The predicted octanol–water partition coefficient (Wildman–Crippen LogP) is 1.03. The number of hydrogen-bond acceptors (Lipinski definition) is 4. The first-order valence-corrected chi connectivity index (χ1v) is 6.12. The fraction of sp³-hybridized carbons (Fsp3) is 0.917. The van der Waals surface area contributed by atoms with Crippen molar-refractivity contribution < 1.29 is 14.6 Å². The van der Waals surface area contributed by atoms with Gasteiger partial charge in [-0.2, -0.15) is 0 Å². The van der Waals surface area contributed by atoms with Gasteiger partial charge in [0.1, 0.15) is 0 Å². The summed E-state index contributed by atoms with van der Waals surface area (Å²) in [7, 11) is 0. The molecule has 0 spiro atoms. The second-order valence-electron chi connectivity index (χ2n) is 4.80. The summed E-state index contributed by atoms with van der Waals surface area (Å²) in [6.07, 6.45) is 1.84. The number of hydrogen-bond donors (Lipinski definition) is 1. The van der Waals surface area contributed by atoms with Crippen LogP contribution in [0.15, 0.2) is 0 Å². The van der Waals surface area contributed by atoms with Crippen molar-refractivity contribution in [2.45, 2.75) is 39.2 Å². The first-order valence-electron chi connectivity index (χ1n) is 6.12. The van der Waals surface area contributed by atoms with E-state index in [0.29, 0.717) is 26.2 Å². The quantitative estimate of drug-likeness (QED) is 0.691. The molecule has 1 aliphatic heterocycles. The van der Waals surface area contributed by atoms with Gasteiger partial charge in [0.15, 0.2) is 0 Å². The van der Waals surface area contributed by atoms with Gasteiger partial charge in [-0.05, 0) is 13.3 Å². The standard InChI is InChI=1S/C12H23NO3/c1-4-6-12(15)8-13(9-12)7-10(3)11(14)16-5-2/h10,15H,4-9H2,1-3H3. The zero-order valence-corrected chi connectivity index (χ0v) is 10.5. The van der Waals surface area contributed by atoms with Crippen molar-refractivity contribution in [1.29, 1.82) is 0 Å². The molecule has 4 heteroatoms. The molecule has 1 atom stereocenters. The van der Waals surface area contributed by atoms with Crippen LogP contribution in [0.3, 0.4) is 0 Å². The van der Waals surface area contributed by atoms with E-state index >= 15 is 0 Å². The first kappa shape index (κ1) is 13.5. The summed E-state index contributed by atoms with van der Waals surface area (Å²) in [5.41, 5.74) is -0.511. The van der Waals surface area contributed by atoms with Gasteiger partial charge in [0, 0.05) is 19.6 Å². The van der Waals surface area contributed by atoms with Gasteiger partial charge in [0.2, 0.25) is 0 Å². The largest absolute Gasteiger partial charge is 0.466 e. The van der Waals surface area contributed by atoms with Crippen LogP contribution in [0.4, 0.5) is 0 Å². The molecule has 0 aromatic heterocycles. The predicted molar refractivity (Wildman–Crippen MR) is 62.1 cm³/mol. The van der Waals surface area contributed by atoms with Crippen LogP contribution in [0.25, 0.3) is 0 Å². The number of esters is 1. The van der Waals surface area contributed by atoms with Gasteiger partial charge >= 0.3 is 5.97 Å². The highest BCUT2D eigenvalue weighted by Crippen LogP contribution is 2.26. The van der Waals surface area contributed by atoms with E-state index in [1.165, 1.54) is 0 Å². The molecule has 1 N–H and O–H groups in total. The van der Waals surface area contributed by atoms with E-state index in [0.717, 1.165) is 12.8 Å². The van der Waals surface area contributed by atoms with Crippen LogP contribution in [-0.2, 0) is 9.53 Å². The number of ether oxygens (including phenoxy) is 1. The topological polar surface area (TPSA) is 49.8 Å². The lowest BCUT2D eigenvalue weighted by Gasteiger charge is -2.47. The zero-order chi connectivity index (χ0) is 12.2. The fourth-order valence-electron chi connectivity index (χ4n) is 2.29. The molecule has 0 saturated carbocycles. The number of carbonyl (C=O) groups excluding carboxylic acids is 1. The van der Waals surface area contributed by atoms with E-state index in [-0.39, 0.29) is 11.9 Å². The molecule has 0 radical (unpaired) electrons. The summed E-state index contributed by atoms with van der Waals surface area (Å²) in [4.78, 5) is 13.5. The van der Waals surface area contributed by atoms with Crippen LogP contribution >= 0.6 is 0 Å². The number of carbonyl (C=O) groups is 1. The molecule has 0 aliphatic carbocycles. The Balaban J connectivity index is 2.24. The lowest BCUT2D eigenvalue weighted by molar-refractivity contribution is -0.152. The smallest absolute Gasteiger partial charge is 0.309 e. The van der Waals surface area contributed by atoms with E-state index in [9.17, 15) is 9.90 Å². The summed E-state index contributed by atoms with van der Waals surface area (Å²) < 4.78 is 4.94. The Morgan fingerprint density at radius 2 is 2.12 bits per heavy atom. The van der Waals surface area contributed by atoms with Crippen LogP contribution in [-0.4, -0.2) is 47.8 Å². The number of rotatable bonds is 6. The number of β-amino-alcohol motifs (C(OH)–C–C–N with tert-alkyl or cyclic N) is 1. The summed E-state index contributed by atoms with van der Waals surface area (Å²) in [6, 6.07) is 0. The Hall–Kier alpha value is -0.610. The number of aliphatic hydroxyl groups is 1. The lowest BCUT2D eigenvalue weighted by Crippen LogP contribution is -2.62. The maximum Gasteiger partial charge on any atom is 0.309 e. The Kier molecular flexibility index (Phi) is 4.74. The SMILES string of the molecule is CCCC1(O)CN(CC(C)C(=O)OCC)C1. The average molecular weight is 229 g/mol. The third-order valence-electron chi connectivity index (χ3n) is 2.97. The molecule has 0 aromatic rings. The molecule has 1 unspecified atom stereocenters. The van der Waals surface area contributed by atoms with E-state index in [4.69, 9.17) is 4.74 Å². The van der Waals surface area contributed by atoms with Crippen molar-refractivity contribution in [3.05, 3.63) is 0 Å². The van der Waals surface area contributed by atoms with Gasteiger partial charge in [-0.1, -0.05) is 20.3 Å². The van der Waals surface area contributed by atoms with Crippen LogP contribution in [0.1, 0.15) is 33.6 Å². The maximum absolute atomic E-state index is 11.4. The minimum absolute atomic E-state index is 0.105. The minimum atomic E-state index is -0.511. The van der Waals surface area contributed by atoms with E-state index < -0.39 is 5.60 Å². The molecular formula is C12H23NO3. The Bertz CT molecular complexity index is 236. The van der Waals surface area contributed by atoms with Gasteiger partial charge in [0.25, 0.3) is 0 Å². The molecular weight excluding hydrogens is 206 g/mol. The molecule has 16 heavy (non-hydrogen) atoms. The van der Waals surface area contributed by atoms with Gasteiger partial charge in [-0.15, -0.1) is 0 Å². The summed E-state index contributed by atoms with van der Waals surface area (Å²) in [6.45, 7) is 8.24. The third kappa shape index (κ3) is 3.46. The van der Waals surface area contributed by atoms with Gasteiger partial charge in [-0.3, -0.25) is 9.69 Å². The lowest BCUT2D eigenvalue weighted by atomic mass is 9.88. The minimum Gasteiger partial charge on any atom is -0.466 e. The second kappa shape index (κ2) is 5.64. The number of nitrogens with zero attached hydrogens (tertiary/aromatic N) is 1. The van der Waals surface area contributed by atoms with Crippen LogP contribution in [0.5, 0.6) is 0 Å². The van der Waals surface area contributed by atoms with Gasteiger partial charge in [-0.25, -0.2) is 0 Å². The Morgan fingerprint density at radius 1 is 1.50 bits per heavy atom. The normalized spacial score (nSPS) is 21.2. The molecule has 0 bridgehead atoms. The van der Waals surface area contributed by atoms with Crippen molar-refractivity contribution in [3.63, 3.8) is 0 Å². The molecule has 1 rings (SSSR count). The fourth-order valence-corrected chi connectivity index (χ4v) is 2.29. The molecule has 1 aliphatic rings. The average Bonchev–Trinajstić information content (AvgIpc) is 2.16. The van der Waals surface area contributed by atoms with E-state index in [2.05, 4.69) is 11.8 Å². The Labute approximate surface area is 97.6 Å². The summed E-state index contributed by atoms with van der Waals surface area (Å²) in [5.74, 6) is -0.250. The molecule has 0 aromatic carbocycles. The van der Waals surface area contributed by atoms with E-state index in [1.54, 1.807) is 0 Å². The highest BCUT2D eigenvalue weighted by atomic mass is 16.5. The molecule has 1 saturated heterocycles. The van der Waals surface area contributed by atoms with E-state index in [1.807, 2.05) is 13.8 Å². The molecule has 1 heterocycles. The first-order chi connectivity index (χ1) is 7.50. The zero-order valence-electron chi connectivity index (χ0n) is 10.5. The van der Waals surface area contributed by atoms with Crippen molar-refractivity contribution >= 4 is 5.97 Å². The third-order valence-corrected chi connectivity index (χ3v) is 2.97. The van der Waals surface area contributed by atoms with Crippen LogP contribution in [0.2, 0.25) is 0 Å². The maximum atomic E-state index is 11.4. The molecule has 0 amide bonds. The van der Waals surface area contributed by atoms with Crippen molar-refractivity contribution in [2.24, 2.45) is 5.92 Å². The monoisotopic (exact) mass is 229 g/mol. The number of likely N-dealkylation sites (tertiary alicyclic amines) is 1. The molecule has 94 valence electrons. The van der Waals surface area contributed by atoms with Crippen molar-refractivity contribution in [2.75, 3.05) is 26.2 Å². The second-order valence-corrected chi connectivity index (χ2v) is 4.80. The Morgan fingerprint density at radius 3 is 2.62 bits per heavy atom. The van der Waals surface area contributed by atoms with Crippen molar-refractivity contribution in [1.82, 2.24) is 4.90 Å². The summed E-state index contributed by atoms with van der Waals surface area (Å²) >= 11 is 0. The van der Waals surface area contributed by atoms with Gasteiger partial charge in [0.05, 0.1) is 18.1 Å². The highest BCUT2D eigenvalue weighted by Gasteiger charge is 2.40. The van der Waals surface area contributed by atoms with Crippen LogP contribution in [0, 0.1) is 5.92 Å². The van der Waals surface area contributed by atoms with Crippen molar-refractivity contribution in [3.8, 4) is 0 Å².